The Balaban J connectivity index is 2.05. The molecule has 0 atom stereocenters. The molecule has 1 aromatic rings. The van der Waals surface area contributed by atoms with Gasteiger partial charge in [0, 0.05) is 18.8 Å². The lowest BCUT2D eigenvalue weighted by Crippen LogP contribution is -2.22. The molecule has 0 aromatic carbocycles. The maximum atomic E-state index is 12.6. The fourth-order valence-corrected chi connectivity index (χ4v) is 1.73. The Morgan fingerprint density at radius 3 is 2.80 bits per heavy atom. The molecule has 2 rings (SSSR count). The van der Waals surface area contributed by atoms with Crippen molar-refractivity contribution < 1.29 is 8.78 Å². The Bertz CT molecular complexity index is 356. The van der Waals surface area contributed by atoms with Gasteiger partial charge in [0.15, 0.2) is 0 Å². The van der Waals surface area contributed by atoms with E-state index in [1.165, 1.54) is 4.68 Å². The summed E-state index contributed by atoms with van der Waals surface area (Å²) in [5, 5.41) is 3.76. The van der Waals surface area contributed by atoms with E-state index in [-0.39, 0.29) is 11.2 Å². The third-order valence-electron chi connectivity index (χ3n) is 2.93. The maximum absolute atomic E-state index is 12.6. The second kappa shape index (κ2) is 3.56. The molecule has 5 heteroatoms. The van der Waals surface area contributed by atoms with Gasteiger partial charge < -0.3 is 5.73 Å². The largest absolute Gasteiger partial charge is 0.325 e. The fraction of sp³-hybridized carbons (Fsp3) is 0.700. The Morgan fingerprint density at radius 2 is 2.27 bits per heavy atom. The van der Waals surface area contributed by atoms with Crippen LogP contribution in [0.1, 0.15) is 36.9 Å². The molecule has 0 aliphatic heterocycles. The zero-order chi connectivity index (χ0) is 11.1. The van der Waals surface area contributed by atoms with Gasteiger partial charge in [0.1, 0.15) is 5.69 Å². The van der Waals surface area contributed by atoms with Gasteiger partial charge in [0.05, 0.1) is 0 Å². The summed E-state index contributed by atoms with van der Waals surface area (Å²) in [4.78, 5) is 0. The number of nitrogens with two attached hydrogens (primary N) is 1. The van der Waals surface area contributed by atoms with E-state index in [0.29, 0.717) is 12.0 Å². The molecule has 1 aromatic heterocycles. The Hall–Kier alpha value is -0.970. The Kier molecular flexibility index (Phi) is 2.50. The van der Waals surface area contributed by atoms with Gasteiger partial charge in [-0.05, 0) is 31.2 Å². The molecule has 0 amide bonds. The van der Waals surface area contributed by atoms with E-state index in [2.05, 4.69) is 5.10 Å². The zero-order valence-corrected chi connectivity index (χ0v) is 8.71. The van der Waals surface area contributed by atoms with Crippen molar-refractivity contribution in [3.05, 3.63) is 17.5 Å². The summed E-state index contributed by atoms with van der Waals surface area (Å²) in [7, 11) is 1.66. The first-order valence-corrected chi connectivity index (χ1v) is 5.10. The molecule has 0 saturated heterocycles. The van der Waals surface area contributed by atoms with Gasteiger partial charge in [-0.15, -0.1) is 0 Å². The molecule has 3 nitrogen and oxygen atoms in total. The minimum Gasteiger partial charge on any atom is -0.325 e. The number of aromatic nitrogens is 2. The van der Waals surface area contributed by atoms with Crippen molar-refractivity contribution in [2.45, 2.75) is 37.6 Å². The molecule has 0 bridgehead atoms. The smallest absolute Gasteiger partial charge is 0.282 e. The highest BCUT2D eigenvalue weighted by molar-refractivity contribution is 5.19. The Labute approximate surface area is 87.3 Å². The highest BCUT2D eigenvalue weighted by Crippen LogP contribution is 2.37. The van der Waals surface area contributed by atoms with Crippen molar-refractivity contribution in [3.8, 4) is 0 Å². The van der Waals surface area contributed by atoms with E-state index in [1.807, 2.05) is 0 Å². The predicted octanol–water partition coefficient (Wildman–Crippen LogP) is 1.78. The second-order valence-corrected chi connectivity index (χ2v) is 4.38. The van der Waals surface area contributed by atoms with Gasteiger partial charge in [-0.2, -0.15) is 5.10 Å². The van der Waals surface area contributed by atoms with E-state index >= 15 is 0 Å². The van der Waals surface area contributed by atoms with E-state index in [1.54, 1.807) is 13.2 Å². The van der Waals surface area contributed by atoms with Crippen LogP contribution in [0, 0.1) is 0 Å². The van der Waals surface area contributed by atoms with Crippen LogP contribution in [0.5, 0.6) is 0 Å². The average Bonchev–Trinajstić information content (AvgIpc) is 2.75. The first-order chi connectivity index (χ1) is 7.00. The quantitative estimate of drug-likeness (QED) is 0.832. The number of nitrogens with zero attached hydrogens (tertiary/aromatic N) is 2. The van der Waals surface area contributed by atoms with Gasteiger partial charge in [-0.3, -0.25) is 4.68 Å². The van der Waals surface area contributed by atoms with Crippen LogP contribution in [0.2, 0.25) is 0 Å². The normalized spacial score (nSPS) is 18.5. The van der Waals surface area contributed by atoms with Crippen LogP contribution in [0.15, 0.2) is 6.20 Å². The molecule has 84 valence electrons. The van der Waals surface area contributed by atoms with Crippen LogP contribution in [0.25, 0.3) is 0 Å². The van der Waals surface area contributed by atoms with Crippen LogP contribution in [0.4, 0.5) is 8.78 Å². The van der Waals surface area contributed by atoms with E-state index in [9.17, 15) is 8.78 Å². The molecular weight excluding hydrogens is 200 g/mol. The SMILES string of the molecule is Cn1cc(CCC2(N)CC2)c(C(F)F)n1. The number of rotatable bonds is 4. The fourth-order valence-electron chi connectivity index (χ4n) is 1.73. The first kappa shape index (κ1) is 10.5. The standard InChI is InChI=1S/C10H15F2N3/c1-15-6-7(8(14-15)9(11)12)2-3-10(13)4-5-10/h6,9H,2-5,13H2,1H3. The summed E-state index contributed by atoms with van der Waals surface area (Å²) in [6.07, 6.45) is 2.57. The van der Waals surface area contributed by atoms with Gasteiger partial charge in [0.25, 0.3) is 6.43 Å². The highest BCUT2D eigenvalue weighted by atomic mass is 19.3. The summed E-state index contributed by atoms with van der Waals surface area (Å²) in [6.45, 7) is 0. The monoisotopic (exact) mass is 215 g/mol. The summed E-state index contributed by atoms with van der Waals surface area (Å²) >= 11 is 0. The number of hydrogen-bond acceptors (Lipinski definition) is 2. The third-order valence-corrected chi connectivity index (χ3v) is 2.93. The topological polar surface area (TPSA) is 43.8 Å². The van der Waals surface area contributed by atoms with Crippen molar-refractivity contribution in [2.75, 3.05) is 0 Å². The molecule has 1 saturated carbocycles. The summed E-state index contributed by atoms with van der Waals surface area (Å²) in [6, 6.07) is 0. The van der Waals surface area contributed by atoms with E-state index in [0.717, 1.165) is 19.3 Å². The lowest BCUT2D eigenvalue weighted by Gasteiger charge is -2.07. The van der Waals surface area contributed by atoms with Crippen molar-refractivity contribution in [1.29, 1.82) is 0 Å². The van der Waals surface area contributed by atoms with Crippen molar-refractivity contribution in [3.63, 3.8) is 0 Å². The lowest BCUT2D eigenvalue weighted by molar-refractivity contribution is 0.144. The van der Waals surface area contributed by atoms with Gasteiger partial charge in [-0.25, -0.2) is 8.78 Å². The molecule has 2 N–H and O–H groups in total. The molecule has 1 fully saturated rings. The van der Waals surface area contributed by atoms with Crippen molar-refractivity contribution in [1.82, 2.24) is 9.78 Å². The highest BCUT2D eigenvalue weighted by Gasteiger charge is 2.37. The molecule has 0 unspecified atom stereocenters. The van der Waals surface area contributed by atoms with Crippen LogP contribution < -0.4 is 5.73 Å². The van der Waals surface area contributed by atoms with Crippen molar-refractivity contribution >= 4 is 0 Å². The molecule has 15 heavy (non-hydrogen) atoms. The molecule has 1 aliphatic rings. The minimum absolute atomic E-state index is 0.0881. The molecule has 1 heterocycles. The minimum atomic E-state index is -2.49. The van der Waals surface area contributed by atoms with E-state index in [4.69, 9.17) is 5.73 Å². The second-order valence-electron chi connectivity index (χ2n) is 4.38. The molecule has 1 aliphatic carbocycles. The van der Waals surface area contributed by atoms with Crippen LogP contribution in [-0.4, -0.2) is 15.3 Å². The van der Waals surface area contributed by atoms with Crippen LogP contribution >= 0.6 is 0 Å². The predicted molar refractivity (Wildman–Crippen MR) is 52.6 cm³/mol. The van der Waals surface area contributed by atoms with Gasteiger partial charge in [0.2, 0.25) is 0 Å². The summed E-state index contributed by atoms with van der Waals surface area (Å²) < 4.78 is 26.6. The lowest BCUT2D eigenvalue weighted by atomic mass is 10.1. The van der Waals surface area contributed by atoms with Crippen LogP contribution in [0.3, 0.4) is 0 Å². The number of hydrogen-bond donors (Lipinski definition) is 1. The van der Waals surface area contributed by atoms with Crippen molar-refractivity contribution in [2.24, 2.45) is 12.8 Å². The number of halogens is 2. The van der Waals surface area contributed by atoms with Gasteiger partial charge in [-0.1, -0.05) is 0 Å². The van der Waals surface area contributed by atoms with E-state index < -0.39 is 6.43 Å². The van der Waals surface area contributed by atoms with Gasteiger partial charge >= 0.3 is 0 Å². The maximum Gasteiger partial charge on any atom is 0.282 e. The van der Waals surface area contributed by atoms with Crippen LogP contribution in [-0.2, 0) is 13.5 Å². The number of alkyl halides is 2. The number of aryl methyl sites for hydroxylation is 2. The summed E-state index contributed by atoms with van der Waals surface area (Å²) in [5.41, 5.74) is 6.36. The zero-order valence-electron chi connectivity index (χ0n) is 8.71. The third kappa shape index (κ3) is 2.34. The average molecular weight is 215 g/mol. The first-order valence-electron chi connectivity index (χ1n) is 5.10. The Morgan fingerprint density at radius 1 is 1.60 bits per heavy atom. The molecule has 0 spiro atoms. The summed E-state index contributed by atoms with van der Waals surface area (Å²) in [5.74, 6) is 0. The molecule has 0 radical (unpaired) electrons. The molecular formula is C10H15F2N3.